The Morgan fingerprint density at radius 2 is 1.85 bits per heavy atom. The number of rotatable bonds is 6. The van der Waals surface area contributed by atoms with Crippen LogP contribution in [0.4, 0.5) is 0 Å². The van der Waals surface area contributed by atoms with Gasteiger partial charge in [0.05, 0.1) is 12.6 Å². The number of nitrogens with one attached hydrogen (secondary N) is 1. The van der Waals surface area contributed by atoms with E-state index >= 15 is 0 Å². The summed E-state index contributed by atoms with van der Waals surface area (Å²) in [6, 6.07) is 18.9. The number of Topliss-reactive ketones (excluding diaryl/α,β-unsaturated/α-hetero) is 1. The summed E-state index contributed by atoms with van der Waals surface area (Å²) in [7, 11) is 0. The second kappa shape index (κ2) is 7.76. The maximum atomic E-state index is 12.7. The number of carbonyl (C=O) groups excluding carboxylic acids is 2. The summed E-state index contributed by atoms with van der Waals surface area (Å²) in [5.41, 5.74) is 1.77. The summed E-state index contributed by atoms with van der Waals surface area (Å²) < 4.78 is 5.66. The van der Waals surface area contributed by atoms with Gasteiger partial charge >= 0.3 is 0 Å². The summed E-state index contributed by atoms with van der Waals surface area (Å²) in [5, 5.41) is 3.91. The number of fused-ring (bicyclic) bond motifs is 1. The van der Waals surface area contributed by atoms with Gasteiger partial charge in [-0.3, -0.25) is 14.5 Å². The van der Waals surface area contributed by atoms with Gasteiger partial charge in [-0.25, -0.2) is 0 Å². The number of nitrogens with zero attached hydrogens (tertiary/aromatic N) is 1. The van der Waals surface area contributed by atoms with Crippen LogP contribution in [0, 0.1) is 0 Å². The van der Waals surface area contributed by atoms with Crippen molar-refractivity contribution in [1.82, 2.24) is 10.2 Å². The van der Waals surface area contributed by atoms with Crippen molar-refractivity contribution in [2.24, 2.45) is 0 Å². The molecule has 1 fully saturated rings. The first-order chi connectivity index (χ1) is 13.2. The second-order valence-corrected chi connectivity index (χ2v) is 6.90. The fourth-order valence-electron chi connectivity index (χ4n) is 3.60. The summed E-state index contributed by atoms with van der Waals surface area (Å²) in [4.78, 5) is 27.2. The number of hydrogen-bond acceptors (Lipinski definition) is 4. The molecule has 2 aromatic carbocycles. The van der Waals surface area contributed by atoms with E-state index in [9.17, 15) is 9.59 Å². The minimum atomic E-state index is -0.262. The zero-order valence-corrected chi connectivity index (χ0v) is 15.1. The van der Waals surface area contributed by atoms with Gasteiger partial charge in [-0.1, -0.05) is 48.5 Å². The Hall–Kier alpha value is -2.92. The number of para-hydroxylation sites is 1. The van der Waals surface area contributed by atoms with E-state index < -0.39 is 0 Å². The van der Waals surface area contributed by atoms with Gasteiger partial charge in [-0.2, -0.15) is 0 Å². The van der Waals surface area contributed by atoms with E-state index in [4.69, 9.17) is 4.42 Å². The number of hydrogen-bond donors (Lipinski definition) is 1. The van der Waals surface area contributed by atoms with E-state index in [-0.39, 0.29) is 24.3 Å². The molecule has 138 valence electrons. The number of likely N-dealkylation sites (tertiary alicyclic amines) is 1. The minimum Gasteiger partial charge on any atom is -0.453 e. The Kier molecular flexibility index (Phi) is 5.03. The third-order valence-electron chi connectivity index (χ3n) is 5.02. The number of furan rings is 1. The van der Waals surface area contributed by atoms with Crippen LogP contribution in [0.2, 0.25) is 0 Å². The Bertz CT molecular complexity index is 915. The lowest BCUT2D eigenvalue weighted by Gasteiger charge is -2.22. The first kappa shape index (κ1) is 17.5. The molecular weight excluding hydrogens is 340 g/mol. The van der Waals surface area contributed by atoms with Gasteiger partial charge in [0, 0.05) is 11.9 Å². The molecule has 1 atom stereocenters. The van der Waals surface area contributed by atoms with Crippen molar-refractivity contribution in [2.45, 2.75) is 25.4 Å². The van der Waals surface area contributed by atoms with Crippen molar-refractivity contribution in [3.8, 4) is 0 Å². The first-order valence-corrected chi connectivity index (χ1v) is 9.28. The molecule has 0 saturated carbocycles. The van der Waals surface area contributed by atoms with Gasteiger partial charge < -0.3 is 9.73 Å². The Morgan fingerprint density at radius 3 is 2.67 bits per heavy atom. The molecule has 0 radical (unpaired) electrons. The monoisotopic (exact) mass is 362 g/mol. The lowest BCUT2D eigenvalue weighted by molar-refractivity contribution is -0.125. The molecule has 1 aromatic heterocycles. The molecule has 2 heterocycles. The highest BCUT2D eigenvalue weighted by Gasteiger charge is 2.32. The summed E-state index contributed by atoms with van der Waals surface area (Å²) >= 11 is 0. The van der Waals surface area contributed by atoms with Crippen molar-refractivity contribution in [3.05, 3.63) is 72.0 Å². The first-order valence-electron chi connectivity index (χ1n) is 9.28. The Balaban J connectivity index is 1.38. The maximum absolute atomic E-state index is 12.7. The predicted octanol–water partition coefficient (Wildman–Crippen LogP) is 3.40. The zero-order chi connectivity index (χ0) is 18.6. The molecule has 1 aliphatic rings. The fraction of sp³-hybridized carbons (Fsp3) is 0.273. The average molecular weight is 362 g/mol. The predicted molar refractivity (Wildman–Crippen MR) is 103 cm³/mol. The zero-order valence-electron chi connectivity index (χ0n) is 15.1. The van der Waals surface area contributed by atoms with Crippen molar-refractivity contribution in [1.29, 1.82) is 0 Å². The number of carbonyl (C=O) groups is 2. The van der Waals surface area contributed by atoms with Crippen molar-refractivity contribution < 1.29 is 14.0 Å². The second-order valence-electron chi connectivity index (χ2n) is 6.90. The molecular formula is C22H22N2O3. The molecule has 0 spiro atoms. The highest BCUT2D eigenvalue weighted by molar-refractivity contribution is 5.99. The molecule has 1 saturated heterocycles. The molecule has 5 nitrogen and oxygen atoms in total. The van der Waals surface area contributed by atoms with Gasteiger partial charge in [0.2, 0.25) is 11.7 Å². The standard InChI is InChI=1S/C22H22N2O3/c25-19(21-13-17-9-4-5-11-20(17)27-21)15-24-12-6-10-18(24)22(26)23-14-16-7-2-1-3-8-16/h1-5,7-9,11,13,18H,6,10,12,14-15H2,(H,23,26)/t18-/m0/s1. The van der Waals surface area contributed by atoms with Crippen LogP contribution in [0.15, 0.2) is 65.1 Å². The fourth-order valence-corrected chi connectivity index (χ4v) is 3.60. The van der Waals surface area contributed by atoms with Gasteiger partial charge in [0.15, 0.2) is 5.76 Å². The van der Waals surface area contributed by atoms with Crippen LogP contribution < -0.4 is 5.32 Å². The molecule has 27 heavy (non-hydrogen) atoms. The van der Waals surface area contributed by atoms with Crippen LogP contribution in [0.25, 0.3) is 11.0 Å². The van der Waals surface area contributed by atoms with E-state index in [2.05, 4.69) is 5.32 Å². The van der Waals surface area contributed by atoms with E-state index in [0.29, 0.717) is 17.9 Å². The molecule has 1 aliphatic heterocycles. The van der Waals surface area contributed by atoms with Crippen LogP contribution in [0.5, 0.6) is 0 Å². The highest BCUT2D eigenvalue weighted by atomic mass is 16.3. The quantitative estimate of drug-likeness (QED) is 0.683. The summed E-state index contributed by atoms with van der Waals surface area (Å²) in [6.45, 7) is 1.44. The maximum Gasteiger partial charge on any atom is 0.237 e. The molecule has 3 aromatic rings. The molecule has 1 N–H and O–H groups in total. The molecule has 0 unspecified atom stereocenters. The van der Waals surface area contributed by atoms with Crippen molar-refractivity contribution in [2.75, 3.05) is 13.1 Å². The van der Waals surface area contributed by atoms with Crippen LogP contribution in [0.3, 0.4) is 0 Å². The minimum absolute atomic E-state index is 0.0197. The molecule has 1 amide bonds. The molecule has 0 aliphatic carbocycles. The third-order valence-corrected chi connectivity index (χ3v) is 5.02. The molecule has 0 bridgehead atoms. The van der Waals surface area contributed by atoms with Crippen LogP contribution >= 0.6 is 0 Å². The number of amides is 1. The van der Waals surface area contributed by atoms with Gasteiger partial charge in [-0.15, -0.1) is 0 Å². The van der Waals surface area contributed by atoms with Crippen LogP contribution in [-0.4, -0.2) is 35.7 Å². The smallest absolute Gasteiger partial charge is 0.237 e. The van der Waals surface area contributed by atoms with Crippen LogP contribution in [-0.2, 0) is 11.3 Å². The molecule has 5 heteroatoms. The molecule has 4 rings (SSSR count). The summed E-state index contributed by atoms with van der Waals surface area (Å²) in [5.74, 6) is 0.245. The number of benzene rings is 2. The van der Waals surface area contributed by atoms with Crippen molar-refractivity contribution >= 4 is 22.7 Å². The van der Waals surface area contributed by atoms with Crippen LogP contribution in [0.1, 0.15) is 29.0 Å². The van der Waals surface area contributed by atoms with E-state index in [1.165, 1.54) is 0 Å². The highest BCUT2D eigenvalue weighted by Crippen LogP contribution is 2.22. The van der Waals surface area contributed by atoms with Gasteiger partial charge in [0.1, 0.15) is 5.58 Å². The van der Waals surface area contributed by atoms with Gasteiger partial charge in [-0.05, 0) is 37.1 Å². The SMILES string of the molecule is O=C(CN1CCC[C@H]1C(=O)NCc1ccccc1)c1cc2ccccc2o1. The number of ketones is 1. The van der Waals surface area contributed by atoms with Gasteiger partial charge in [0.25, 0.3) is 0 Å². The normalized spacial score (nSPS) is 17.3. The Morgan fingerprint density at radius 1 is 1.07 bits per heavy atom. The average Bonchev–Trinajstić information content (AvgIpc) is 3.33. The largest absolute Gasteiger partial charge is 0.453 e. The van der Waals surface area contributed by atoms with E-state index in [1.807, 2.05) is 59.5 Å². The topological polar surface area (TPSA) is 62.6 Å². The Labute approximate surface area is 158 Å². The van der Waals surface area contributed by atoms with E-state index in [0.717, 1.165) is 30.3 Å². The third kappa shape index (κ3) is 3.93. The van der Waals surface area contributed by atoms with Crippen molar-refractivity contribution in [3.63, 3.8) is 0 Å². The van der Waals surface area contributed by atoms with E-state index in [1.54, 1.807) is 6.07 Å². The lowest BCUT2D eigenvalue weighted by atomic mass is 10.1. The lowest BCUT2D eigenvalue weighted by Crippen LogP contribution is -2.44. The summed E-state index contributed by atoms with van der Waals surface area (Å²) in [6.07, 6.45) is 1.69.